The number of H-pyrrole nitrogens is 1. The van der Waals surface area contributed by atoms with Crippen molar-refractivity contribution in [2.75, 3.05) is 38.2 Å². The van der Waals surface area contributed by atoms with Crippen LogP contribution in [0, 0.1) is 4.77 Å². The Bertz CT molecular complexity index is 1470. The van der Waals surface area contributed by atoms with Crippen molar-refractivity contribution in [2.24, 2.45) is 0 Å². The zero-order valence-electron chi connectivity index (χ0n) is 18.7. The van der Waals surface area contributed by atoms with E-state index in [9.17, 15) is 9.59 Å². The molecule has 5 rings (SSSR count). The summed E-state index contributed by atoms with van der Waals surface area (Å²) in [5.74, 6) is 0.808. The van der Waals surface area contributed by atoms with Crippen molar-refractivity contribution in [2.45, 2.75) is 0 Å². The lowest BCUT2D eigenvalue weighted by atomic mass is 10.1. The Hall–Kier alpha value is -3.91. The van der Waals surface area contributed by atoms with Crippen LogP contribution in [0.25, 0.3) is 16.6 Å². The van der Waals surface area contributed by atoms with Gasteiger partial charge in [-0.15, -0.1) is 0 Å². The molecule has 1 N–H and O–H groups in total. The Kier molecular flexibility index (Phi) is 5.90. The number of fused-ring (bicyclic) bond motifs is 1. The molecule has 4 aromatic rings. The van der Waals surface area contributed by atoms with E-state index in [0.717, 1.165) is 24.5 Å². The predicted molar refractivity (Wildman–Crippen MR) is 136 cm³/mol. The van der Waals surface area contributed by atoms with Gasteiger partial charge in [0, 0.05) is 31.7 Å². The van der Waals surface area contributed by atoms with E-state index in [0.29, 0.717) is 40.0 Å². The minimum Gasteiger partial charge on any atom is -0.495 e. The van der Waals surface area contributed by atoms with Gasteiger partial charge in [0.05, 0.1) is 29.4 Å². The summed E-state index contributed by atoms with van der Waals surface area (Å²) in [6.45, 7) is 2.69. The molecule has 0 unspecified atom stereocenters. The smallest absolute Gasteiger partial charge is 0.266 e. The van der Waals surface area contributed by atoms with Gasteiger partial charge >= 0.3 is 0 Å². The highest BCUT2D eigenvalue weighted by atomic mass is 32.1. The Balaban J connectivity index is 1.33. The number of piperazine rings is 1. The maximum Gasteiger partial charge on any atom is 0.266 e. The van der Waals surface area contributed by atoms with Gasteiger partial charge in [-0.2, -0.15) is 0 Å². The van der Waals surface area contributed by atoms with Gasteiger partial charge in [0.15, 0.2) is 4.77 Å². The van der Waals surface area contributed by atoms with E-state index in [2.05, 4.69) is 9.88 Å². The normalized spacial score (nSPS) is 13.8. The van der Waals surface area contributed by atoms with Gasteiger partial charge in [0.2, 0.25) is 0 Å². The highest BCUT2D eigenvalue weighted by Gasteiger charge is 2.23. The lowest BCUT2D eigenvalue weighted by Crippen LogP contribution is -2.48. The third-order valence-corrected chi connectivity index (χ3v) is 6.46. The number of carbonyl (C=O) groups excluding carboxylic acids is 1. The molecule has 172 valence electrons. The highest BCUT2D eigenvalue weighted by molar-refractivity contribution is 7.71. The number of hydrogen-bond donors (Lipinski definition) is 1. The number of aromatic nitrogens is 2. The number of hydrogen-bond acceptors (Lipinski definition) is 5. The summed E-state index contributed by atoms with van der Waals surface area (Å²) in [6.07, 6.45) is 0. The number of nitrogens with one attached hydrogen (secondary N) is 1. The van der Waals surface area contributed by atoms with Crippen LogP contribution in [0.1, 0.15) is 10.4 Å². The first-order valence-electron chi connectivity index (χ1n) is 11.1. The number of nitrogens with zero attached hydrogens (tertiary/aromatic N) is 3. The quantitative estimate of drug-likeness (QED) is 0.455. The molecule has 3 aromatic carbocycles. The molecule has 0 aliphatic carbocycles. The number of rotatable bonds is 4. The second kappa shape index (κ2) is 9.15. The number of carbonyl (C=O) groups is 1. The molecule has 8 heteroatoms. The molecule has 34 heavy (non-hydrogen) atoms. The van der Waals surface area contributed by atoms with Gasteiger partial charge in [-0.25, -0.2) is 0 Å². The van der Waals surface area contributed by atoms with Crippen molar-refractivity contribution < 1.29 is 9.53 Å². The molecule has 2 heterocycles. The van der Waals surface area contributed by atoms with Crippen LogP contribution in [-0.2, 0) is 0 Å². The van der Waals surface area contributed by atoms with Crippen LogP contribution in [-0.4, -0.2) is 53.6 Å². The minimum absolute atomic E-state index is 0.0257. The second-order valence-electron chi connectivity index (χ2n) is 8.11. The number of benzene rings is 3. The van der Waals surface area contributed by atoms with Crippen molar-refractivity contribution in [3.8, 4) is 11.4 Å². The molecule has 0 radical (unpaired) electrons. The number of amides is 1. The average molecular weight is 473 g/mol. The van der Waals surface area contributed by atoms with Crippen LogP contribution < -0.4 is 15.2 Å². The van der Waals surface area contributed by atoms with Crippen LogP contribution in [0.15, 0.2) is 77.6 Å². The molecular formula is C26H24N4O3S. The number of para-hydroxylation sites is 3. The highest BCUT2D eigenvalue weighted by Crippen LogP contribution is 2.28. The minimum atomic E-state index is -0.189. The summed E-state index contributed by atoms with van der Waals surface area (Å²) >= 11 is 5.42. The van der Waals surface area contributed by atoms with E-state index in [1.807, 2.05) is 47.4 Å². The summed E-state index contributed by atoms with van der Waals surface area (Å²) in [6, 6.07) is 22.2. The summed E-state index contributed by atoms with van der Waals surface area (Å²) in [4.78, 5) is 33.3. The number of aromatic amines is 1. The summed E-state index contributed by atoms with van der Waals surface area (Å²) < 4.78 is 7.25. The average Bonchev–Trinajstić information content (AvgIpc) is 2.89. The summed E-state index contributed by atoms with van der Waals surface area (Å²) in [7, 11) is 1.67. The van der Waals surface area contributed by atoms with E-state index in [-0.39, 0.29) is 11.5 Å². The van der Waals surface area contributed by atoms with Crippen LogP contribution in [0.4, 0.5) is 5.69 Å². The van der Waals surface area contributed by atoms with E-state index in [4.69, 9.17) is 17.0 Å². The number of methoxy groups -OCH3 is 1. The predicted octanol–water partition coefficient (Wildman–Crippen LogP) is 4.02. The molecule has 1 fully saturated rings. The molecule has 1 amide bonds. The van der Waals surface area contributed by atoms with Crippen molar-refractivity contribution in [1.29, 1.82) is 0 Å². The molecule has 1 aliphatic heterocycles. The van der Waals surface area contributed by atoms with E-state index in [1.165, 1.54) is 4.57 Å². The molecule has 1 aliphatic rings. The number of anilines is 1. The standard InChI is InChI=1S/C26H24N4O3S/c1-33-23-9-5-4-8-22(23)28-14-16-29(17-15-28)24(31)18-10-12-19(13-11-18)30-25(32)20-6-2-3-7-21(20)27-26(30)34/h2-13H,14-17H2,1H3,(H,27,34). The maximum absolute atomic E-state index is 13.1. The molecular weight excluding hydrogens is 448 g/mol. The van der Waals surface area contributed by atoms with Gasteiger partial charge in [-0.05, 0) is 60.7 Å². The zero-order chi connectivity index (χ0) is 23.7. The van der Waals surface area contributed by atoms with Gasteiger partial charge in [-0.3, -0.25) is 14.2 Å². The van der Waals surface area contributed by atoms with Crippen LogP contribution in [0.5, 0.6) is 5.75 Å². The van der Waals surface area contributed by atoms with Crippen molar-refractivity contribution in [1.82, 2.24) is 14.5 Å². The Morgan fingerprint density at radius 3 is 2.32 bits per heavy atom. The van der Waals surface area contributed by atoms with Crippen LogP contribution in [0.2, 0.25) is 0 Å². The molecule has 0 bridgehead atoms. The molecule has 7 nitrogen and oxygen atoms in total. The summed E-state index contributed by atoms with van der Waals surface area (Å²) in [5.41, 5.74) is 2.75. The monoisotopic (exact) mass is 472 g/mol. The lowest BCUT2D eigenvalue weighted by Gasteiger charge is -2.36. The third-order valence-electron chi connectivity index (χ3n) is 6.17. The molecule has 1 aromatic heterocycles. The third kappa shape index (κ3) is 3.97. The second-order valence-corrected chi connectivity index (χ2v) is 8.50. The Morgan fingerprint density at radius 2 is 1.59 bits per heavy atom. The maximum atomic E-state index is 13.1. The first kappa shape index (κ1) is 21.9. The Morgan fingerprint density at radius 1 is 0.912 bits per heavy atom. The number of ether oxygens (including phenoxy) is 1. The van der Waals surface area contributed by atoms with Gasteiger partial charge in [0.1, 0.15) is 5.75 Å². The molecule has 0 spiro atoms. The van der Waals surface area contributed by atoms with Crippen LogP contribution in [0.3, 0.4) is 0 Å². The van der Waals surface area contributed by atoms with Crippen LogP contribution >= 0.6 is 12.2 Å². The van der Waals surface area contributed by atoms with E-state index >= 15 is 0 Å². The zero-order valence-corrected chi connectivity index (χ0v) is 19.5. The van der Waals surface area contributed by atoms with Gasteiger partial charge in [-0.1, -0.05) is 24.3 Å². The van der Waals surface area contributed by atoms with Gasteiger partial charge in [0.25, 0.3) is 11.5 Å². The van der Waals surface area contributed by atoms with E-state index < -0.39 is 0 Å². The Labute approximate surface area is 201 Å². The SMILES string of the molecule is COc1ccccc1N1CCN(C(=O)c2ccc(-n3c(=S)[nH]c4ccccc4c3=O)cc2)CC1. The van der Waals surface area contributed by atoms with Gasteiger partial charge < -0.3 is 19.5 Å². The van der Waals surface area contributed by atoms with Crippen molar-refractivity contribution in [3.63, 3.8) is 0 Å². The fraction of sp³-hybridized carbons (Fsp3) is 0.192. The lowest BCUT2D eigenvalue weighted by molar-refractivity contribution is 0.0746. The molecule has 1 saturated heterocycles. The first-order chi connectivity index (χ1) is 16.6. The fourth-order valence-electron chi connectivity index (χ4n) is 4.37. The topological polar surface area (TPSA) is 70.6 Å². The first-order valence-corrected chi connectivity index (χ1v) is 11.5. The largest absolute Gasteiger partial charge is 0.495 e. The molecule has 0 atom stereocenters. The fourth-order valence-corrected chi connectivity index (χ4v) is 4.67. The molecule has 0 saturated carbocycles. The van der Waals surface area contributed by atoms with Crippen molar-refractivity contribution >= 4 is 34.7 Å². The van der Waals surface area contributed by atoms with Crippen molar-refractivity contribution in [3.05, 3.63) is 93.5 Å². The van der Waals surface area contributed by atoms with E-state index in [1.54, 1.807) is 37.4 Å². The summed E-state index contributed by atoms with van der Waals surface area (Å²) in [5, 5.41) is 0.559.